The van der Waals surface area contributed by atoms with Crippen molar-refractivity contribution < 1.29 is 14.3 Å². The van der Waals surface area contributed by atoms with Crippen molar-refractivity contribution in [2.75, 3.05) is 19.0 Å². The van der Waals surface area contributed by atoms with Gasteiger partial charge in [-0.25, -0.2) is 0 Å². The van der Waals surface area contributed by atoms with Gasteiger partial charge in [-0.3, -0.25) is 14.5 Å². The van der Waals surface area contributed by atoms with E-state index in [1.807, 2.05) is 41.3 Å². The zero-order valence-corrected chi connectivity index (χ0v) is 15.1. The van der Waals surface area contributed by atoms with E-state index in [1.54, 1.807) is 12.1 Å². The first kappa shape index (κ1) is 18.6. The summed E-state index contributed by atoms with van der Waals surface area (Å²) < 4.78 is 4.93. The molecule has 0 aliphatic carbocycles. The topological polar surface area (TPSA) is 82.4 Å². The van der Waals surface area contributed by atoms with Gasteiger partial charge in [-0.15, -0.1) is 0 Å². The van der Waals surface area contributed by atoms with E-state index in [-0.39, 0.29) is 18.4 Å². The summed E-state index contributed by atoms with van der Waals surface area (Å²) in [6, 6.07) is 16.7. The first-order valence-electron chi connectivity index (χ1n) is 8.75. The first-order valence-corrected chi connectivity index (χ1v) is 8.75. The second kappa shape index (κ2) is 8.47. The van der Waals surface area contributed by atoms with Crippen molar-refractivity contribution in [2.45, 2.75) is 25.4 Å². The summed E-state index contributed by atoms with van der Waals surface area (Å²) in [5.41, 5.74) is 3.78. The van der Waals surface area contributed by atoms with Crippen LogP contribution in [0.5, 0.6) is 0 Å². The molecule has 6 heteroatoms. The normalized spacial score (nSPS) is 16.1. The quantitative estimate of drug-likeness (QED) is 0.824. The molecule has 0 bridgehead atoms. The van der Waals surface area contributed by atoms with E-state index >= 15 is 0 Å². The number of rotatable bonds is 5. The molecule has 2 aromatic carbocycles. The first-order chi connectivity index (χ1) is 13.1. The Balaban J connectivity index is 1.69. The summed E-state index contributed by atoms with van der Waals surface area (Å²) >= 11 is 0. The minimum Gasteiger partial charge on any atom is -0.468 e. The molecule has 1 aliphatic rings. The number of esters is 1. The third-order valence-electron chi connectivity index (χ3n) is 4.69. The van der Waals surface area contributed by atoms with Crippen molar-refractivity contribution in [2.24, 2.45) is 0 Å². The number of carbonyl (C=O) groups is 2. The van der Waals surface area contributed by atoms with Crippen LogP contribution in [0, 0.1) is 11.3 Å². The standard InChI is InChI=1S/C21H21N3O3/c1-27-21(26)19-12-16-4-2-3-5-17(16)13-24(19)14-20(25)23-18-8-6-15(7-9-18)10-11-22/h2-9,19H,10,12-14H2,1H3,(H,23,25)/t19-/m0/s1. The third kappa shape index (κ3) is 4.52. The number of ether oxygens (including phenoxy) is 1. The maximum Gasteiger partial charge on any atom is 0.323 e. The number of fused-ring (bicyclic) bond motifs is 1. The van der Waals surface area contributed by atoms with Gasteiger partial charge < -0.3 is 10.1 Å². The molecule has 0 saturated heterocycles. The van der Waals surface area contributed by atoms with Crippen LogP contribution in [0.1, 0.15) is 16.7 Å². The lowest BCUT2D eigenvalue weighted by Gasteiger charge is -2.34. The Hall–Kier alpha value is -3.17. The Morgan fingerprint density at radius 2 is 1.89 bits per heavy atom. The largest absolute Gasteiger partial charge is 0.468 e. The van der Waals surface area contributed by atoms with Gasteiger partial charge in [0.25, 0.3) is 0 Å². The van der Waals surface area contributed by atoms with Gasteiger partial charge in [-0.2, -0.15) is 5.26 Å². The predicted octanol–water partition coefficient (Wildman–Crippen LogP) is 2.29. The number of nitrogens with one attached hydrogen (secondary N) is 1. The van der Waals surface area contributed by atoms with Crippen LogP contribution in [0.25, 0.3) is 0 Å². The molecule has 1 heterocycles. The number of nitriles is 1. The van der Waals surface area contributed by atoms with Gasteiger partial charge in [-0.1, -0.05) is 36.4 Å². The molecule has 2 aromatic rings. The van der Waals surface area contributed by atoms with Gasteiger partial charge >= 0.3 is 5.97 Å². The van der Waals surface area contributed by atoms with Crippen molar-refractivity contribution in [1.82, 2.24) is 4.90 Å². The minimum atomic E-state index is -0.478. The fourth-order valence-corrected chi connectivity index (χ4v) is 3.29. The fourth-order valence-electron chi connectivity index (χ4n) is 3.29. The van der Waals surface area contributed by atoms with Crippen LogP contribution in [0.4, 0.5) is 5.69 Å². The molecule has 138 valence electrons. The molecule has 0 aromatic heterocycles. The molecule has 1 aliphatic heterocycles. The number of anilines is 1. The van der Waals surface area contributed by atoms with E-state index in [4.69, 9.17) is 10.00 Å². The highest BCUT2D eigenvalue weighted by Crippen LogP contribution is 2.24. The Morgan fingerprint density at radius 3 is 2.56 bits per heavy atom. The number of carbonyl (C=O) groups excluding carboxylic acids is 2. The van der Waals surface area contributed by atoms with Crippen LogP contribution < -0.4 is 5.32 Å². The summed E-state index contributed by atoms with van der Waals surface area (Å²) in [6.07, 6.45) is 0.862. The van der Waals surface area contributed by atoms with E-state index in [2.05, 4.69) is 11.4 Å². The van der Waals surface area contributed by atoms with Crippen LogP contribution in [-0.2, 0) is 33.7 Å². The molecule has 0 spiro atoms. The lowest BCUT2D eigenvalue weighted by Crippen LogP contribution is -2.49. The monoisotopic (exact) mass is 363 g/mol. The molecule has 0 fully saturated rings. The van der Waals surface area contributed by atoms with E-state index < -0.39 is 6.04 Å². The van der Waals surface area contributed by atoms with Gasteiger partial charge in [0.1, 0.15) is 6.04 Å². The number of nitrogens with zero attached hydrogens (tertiary/aromatic N) is 2. The highest BCUT2D eigenvalue weighted by atomic mass is 16.5. The third-order valence-corrected chi connectivity index (χ3v) is 4.69. The molecule has 1 atom stereocenters. The molecule has 0 unspecified atom stereocenters. The van der Waals surface area contributed by atoms with E-state index in [9.17, 15) is 9.59 Å². The van der Waals surface area contributed by atoms with Crippen molar-refractivity contribution in [3.63, 3.8) is 0 Å². The maximum absolute atomic E-state index is 12.5. The molecule has 6 nitrogen and oxygen atoms in total. The number of hydrogen-bond donors (Lipinski definition) is 1. The van der Waals surface area contributed by atoms with Crippen LogP contribution in [0.3, 0.4) is 0 Å². The summed E-state index contributed by atoms with van der Waals surface area (Å²) in [5.74, 6) is -0.533. The van der Waals surface area contributed by atoms with Gasteiger partial charge in [0.2, 0.25) is 5.91 Å². The molecule has 1 amide bonds. The Kier molecular flexibility index (Phi) is 5.84. The SMILES string of the molecule is COC(=O)[C@@H]1Cc2ccccc2CN1CC(=O)Nc1ccc(CC#N)cc1. The van der Waals surface area contributed by atoms with Crippen LogP contribution in [0.2, 0.25) is 0 Å². The van der Waals surface area contributed by atoms with Crippen LogP contribution in [0.15, 0.2) is 48.5 Å². The summed E-state index contributed by atoms with van der Waals surface area (Å²) in [6.45, 7) is 0.610. The molecule has 27 heavy (non-hydrogen) atoms. The summed E-state index contributed by atoms with van der Waals surface area (Å²) in [4.78, 5) is 26.5. The van der Waals surface area contributed by atoms with E-state index in [0.29, 0.717) is 25.1 Å². The van der Waals surface area contributed by atoms with Crippen LogP contribution in [-0.4, -0.2) is 36.5 Å². The summed E-state index contributed by atoms with van der Waals surface area (Å²) in [5, 5.41) is 11.6. The highest BCUT2D eigenvalue weighted by Gasteiger charge is 2.33. The van der Waals surface area contributed by atoms with Gasteiger partial charge in [-0.05, 0) is 35.2 Å². The molecule has 1 N–H and O–H groups in total. The Morgan fingerprint density at radius 1 is 1.19 bits per heavy atom. The zero-order chi connectivity index (χ0) is 19.2. The smallest absolute Gasteiger partial charge is 0.323 e. The van der Waals surface area contributed by atoms with E-state index in [1.165, 1.54) is 7.11 Å². The summed E-state index contributed by atoms with van der Waals surface area (Å²) in [7, 11) is 1.36. The minimum absolute atomic E-state index is 0.0913. The van der Waals surface area contributed by atoms with Crippen molar-refractivity contribution >= 4 is 17.6 Å². The predicted molar refractivity (Wildman–Crippen MR) is 101 cm³/mol. The van der Waals surface area contributed by atoms with Crippen molar-refractivity contribution in [1.29, 1.82) is 5.26 Å². The average molecular weight is 363 g/mol. The lowest BCUT2D eigenvalue weighted by molar-refractivity contribution is -0.148. The average Bonchev–Trinajstić information content (AvgIpc) is 2.68. The second-order valence-corrected chi connectivity index (χ2v) is 6.50. The molecule has 3 rings (SSSR count). The van der Waals surface area contributed by atoms with Gasteiger partial charge in [0.05, 0.1) is 26.1 Å². The highest BCUT2D eigenvalue weighted by molar-refractivity contribution is 5.92. The molecular formula is C21H21N3O3. The molecule has 0 radical (unpaired) electrons. The maximum atomic E-state index is 12.5. The van der Waals surface area contributed by atoms with Gasteiger partial charge in [0, 0.05) is 12.2 Å². The Labute approximate surface area is 158 Å². The number of methoxy groups -OCH3 is 1. The van der Waals surface area contributed by atoms with E-state index in [0.717, 1.165) is 16.7 Å². The van der Waals surface area contributed by atoms with Gasteiger partial charge in [0.15, 0.2) is 0 Å². The van der Waals surface area contributed by atoms with Crippen molar-refractivity contribution in [3.05, 3.63) is 65.2 Å². The fraction of sp³-hybridized carbons (Fsp3) is 0.286. The second-order valence-electron chi connectivity index (χ2n) is 6.50. The molecular weight excluding hydrogens is 342 g/mol. The Bertz CT molecular complexity index is 871. The van der Waals surface area contributed by atoms with Crippen molar-refractivity contribution in [3.8, 4) is 6.07 Å². The zero-order valence-electron chi connectivity index (χ0n) is 15.1. The van der Waals surface area contributed by atoms with Crippen LogP contribution >= 0.6 is 0 Å². The molecule has 0 saturated carbocycles. The lowest BCUT2D eigenvalue weighted by atomic mass is 9.94. The number of hydrogen-bond acceptors (Lipinski definition) is 5. The number of amides is 1. The number of benzene rings is 2.